The van der Waals surface area contributed by atoms with Crippen LogP contribution in [-0.2, 0) is 46.7 Å². The number of hydrogen-bond acceptors (Lipinski definition) is 8. The number of ether oxygens (including phenoxy) is 2. The molecule has 2 aromatic heterocycles. The van der Waals surface area contributed by atoms with Gasteiger partial charge in [0.05, 0.1) is 35.6 Å². The lowest BCUT2D eigenvalue weighted by molar-refractivity contribution is -0.168. The summed E-state index contributed by atoms with van der Waals surface area (Å²) in [6.07, 6.45) is 1.08. The number of rotatable bonds is 9. The number of aromatic nitrogens is 2. The second kappa shape index (κ2) is 11.6. The lowest BCUT2D eigenvalue weighted by atomic mass is 9.90. The molecule has 0 amide bonds. The fourth-order valence-electron chi connectivity index (χ4n) is 6.23. The first kappa shape index (κ1) is 29.5. The number of cyclic esters (lactones) is 1. The van der Waals surface area contributed by atoms with Crippen LogP contribution in [0.4, 0.5) is 0 Å². The van der Waals surface area contributed by atoms with Crippen LogP contribution in [0, 0.1) is 0 Å². The Hall–Kier alpha value is -5.16. The van der Waals surface area contributed by atoms with Gasteiger partial charge in [-0.15, -0.1) is 0 Å². The van der Waals surface area contributed by atoms with Crippen molar-refractivity contribution in [1.29, 1.82) is 0 Å². The van der Waals surface area contributed by atoms with Crippen LogP contribution in [0.25, 0.3) is 22.3 Å². The van der Waals surface area contributed by atoms with E-state index < -0.39 is 26.1 Å². The summed E-state index contributed by atoms with van der Waals surface area (Å²) in [4.78, 5) is 44.7. The molecule has 0 saturated carbocycles. The van der Waals surface area contributed by atoms with E-state index in [1.54, 1.807) is 11.5 Å². The van der Waals surface area contributed by atoms with E-state index in [4.69, 9.17) is 23.3 Å². The van der Waals surface area contributed by atoms with Crippen molar-refractivity contribution in [3.63, 3.8) is 0 Å². The molecule has 2 aliphatic rings. The zero-order valence-electron chi connectivity index (χ0n) is 25.1. The Balaban J connectivity index is 1.39. The maximum Gasteiger partial charge on any atom is 0.408 e. The van der Waals surface area contributed by atoms with E-state index in [2.05, 4.69) is 12.6 Å². The lowest BCUT2D eigenvalue weighted by Crippen LogP contribution is -2.67. The molecule has 0 spiro atoms. The highest BCUT2D eigenvalue weighted by atomic mass is 28.4. The van der Waals surface area contributed by atoms with Crippen LogP contribution in [0.5, 0.6) is 0 Å². The van der Waals surface area contributed by atoms with Crippen LogP contribution < -0.4 is 15.9 Å². The van der Waals surface area contributed by atoms with Gasteiger partial charge in [0.25, 0.3) is 5.56 Å². The average Bonchev–Trinajstić information content (AvgIpc) is 3.45. The van der Waals surface area contributed by atoms with Crippen molar-refractivity contribution in [3.05, 3.63) is 137 Å². The van der Waals surface area contributed by atoms with Crippen LogP contribution in [0.1, 0.15) is 23.6 Å². The molecular weight excluding hydrogens is 600 g/mol. The third kappa shape index (κ3) is 4.87. The van der Waals surface area contributed by atoms with Gasteiger partial charge >= 0.3 is 20.5 Å². The third-order valence-corrected chi connectivity index (χ3v) is 12.0. The normalized spacial score (nSPS) is 16.7. The fourth-order valence-corrected chi connectivity index (χ4v) is 9.59. The van der Waals surface area contributed by atoms with Crippen molar-refractivity contribution in [3.8, 4) is 11.4 Å². The summed E-state index contributed by atoms with van der Waals surface area (Å²) in [5.41, 5.74) is 1.78. The van der Waals surface area contributed by atoms with Crippen LogP contribution in [0.15, 0.2) is 115 Å². The summed E-state index contributed by atoms with van der Waals surface area (Å²) in [5, 5.41) is 2.42. The minimum absolute atomic E-state index is 0.0230. The molecule has 0 N–H and O–H groups in total. The van der Waals surface area contributed by atoms with Crippen LogP contribution >= 0.6 is 0 Å². The van der Waals surface area contributed by atoms with Crippen molar-refractivity contribution in [2.75, 3.05) is 13.2 Å². The van der Waals surface area contributed by atoms with Crippen molar-refractivity contribution >= 4 is 41.8 Å². The van der Waals surface area contributed by atoms with E-state index in [1.165, 1.54) is 0 Å². The molecule has 5 aromatic rings. The van der Waals surface area contributed by atoms with Crippen molar-refractivity contribution < 1.29 is 27.9 Å². The Bertz CT molecular complexity index is 2020. The number of benzene rings is 3. The van der Waals surface area contributed by atoms with E-state index in [0.29, 0.717) is 39.4 Å². The van der Waals surface area contributed by atoms with Gasteiger partial charge in [-0.25, -0.2) is 14.6 Å². The molecule has 0 aliphatic carbocycles. The summed E-state index contributed by atoms with van der Waals surface area (Å²) in [5.74, 6) is -1.22. The minimum Gasteiger partial charge on any atom is -0.460 e. The predicted molar refractivity (Wildman–Crippen MR) is 174 cm³/mol. The largest absolute Gasteiger partial charge is 0.460 e. The fraction of sp³-hybridized carbons (Fsp3) is 0.167. The maximum absolute atomic E-state index is 14.1. The van der Waals surface area contributed by atoms with Gasteiger partial charge in [-0.05, 0) is 35.5 Å². The SMILES string of the molecule is C=CC(=O)OCCO[Si](O[C@]1(C)C(=O)OCc2c1cc1n(c2=O)Cc2cc3ccccc3nc2-1)(c1ccccc1)c1ccccc1. The van der Waals surface area contributed by atoms with Crippen LogP contribution in [-0.4, -0.2) is 43.3 Å². The van der Waals surface area contributed by atoms with Gasteiger partial charge in [0.15, 0.2) is 5.60 Å². The number of carbonyl (C=O) groups is 2. The summed E-state index contributed by atoms with van der Waals surface area (Å²) in [7, 11) is -3.79. The maximum atomic E-state index is 14.1. The molecule has 0 unspecified atom stereocenters. The smallest absolute Gasteiger partial charge is 0.408 e. The number of pyridine rings is 2. The molecule has 9 nitrogen and oxygen atoms in total. The Morgan fingerprint density at radius 3 is 2.35 bits per heavy atom. The van der Waals surface area contributed by atoms with Crippen molar-refractivity contribution in [1.82, 2.24) is 9.55 Å². The predicted octanol–water partition coefficient (Wildman–Crippen LogP) is 3.72. The topological polar surface area (TPSA) is 106 Å². The van der Waals surface area contributed by atoms with E-state index in [1.807, 2.05) is 91.0 Å². The van der Waals surface area contributed by atoms with Gasteiger partial charge < -0.3 is 22.9 Å². The van der Waals surface area contributed by atoms with Crippen molar-refractivity contribution in [2.45, 2.75) is 25.7 Å². The first-order valence-corrected chi connectivity index (χ1v) is 16.7. The standard InChI is InChI=1S/C36H30N2O7Si/c1-3-32(39)42-18-19-44-46(26-13-6-4-7-14-26,27-15-8-5-9-16-27)45-36(2)29-21-31-33-25(20-24-12-10-11-17-30(24)37-33)22-38(31)34(40)28(29)23-43-35(36)41/h3-17,20-21H,1,18-19,22-23H2,2H3/t36-/m0/s1. The quantitative estimate of drug-likeness (QED) is 0.103. The molecule has 10 heteroatoms. The number of para-hydroxylation sites is 1. The molecule has 230 valence electrons. The molecule has 46 heavy (non-hydrogen) atoms. The van der Waals surface area contributed by atoms with E-state index in [-0.39, 0.29) is 25.4 Å². The molecule has 1 atom stereocenters. The summed E-state index contributed by atoms with van der Waals surface area (Å²) in [6, 6.07) is 30.5. The number of fused-ring (bicyclic) bond motifs is 5. The number of hydrogen-bond donors (Lipinski definition) is 0. The Labute approximate surface area is 265 Å². The first-order chi connectivity index (χ1) is 22.3. The zero-order chi connectivity index (χ0) is 31.9. The van der Waals surface area contributed by atoms with Gasteiger partial charge in [-0.3, -0.25) is 4.79 Å². The molecule has 0 fully saturated rings. The molecule has 0 radical (unpaired) electrons. The Morgan fingerprint density at radius 1 is 0.978 bits per heavy atom. The lowest BCUT2D eigenvalue weighted by Gasteiger charge is -2.41. The minimum atomic E-state index is -3.79. The van der Waals surface area contributed by atoms with E-state index in [9.17, 15) is 14.4 Å². The Kier molecular flexibility index (Phi) is 7.48. The summed E-state index contributed by atoms with van der Waals surface area (Å²) >= 11 is 0. The van der Waals surface area contributed by atoms with Gasteiger partial charge in [0.2, 0.25) is 0 Å². The van der Waals surface area contributed by atoms with Gasteiger partial charge in [0, 0.05) is 22.6 Å². The van der Waals surface area contributed by atoms with Gasteiger partial charge in [0.1, 0.15) is 13.2 Å². The second-order valence-corrected chi connectivity index (χ2v) is 14.2. The molecule has 0 saturated heterocycles. The van der Waals surface area contributed by atoms with Crippen LogP contribution in [0.3, 0.4) is 0 Å². The second-order valence-electron chi connectivity index (χ2n) is 11.3. The molecule has 4 heterocycles. The highest BCUT2D eigenvalue weighted by molar-refractivity contribution is 6.92. The molecule has 7 rings (SSSR count). The zero-order valence-corrected chi connectivity index (χ0v) is 26.1. The van der Waals surface area contributed by atoms with Gasteiger partial charge in [-0.2, -0.15) is 0 Å². The first-order valence-electron chi connectivity index (χ1n) is 14.9. The Morgan fingerprint density at radius 2 is 1.65 bits per heavy atom. The van der Waals surface area contributed by atoms with E-state index in [0.717, 1.165) is 22.5 Å². The highest BCUT2D eigenvalue weighted by Crippen LogP contribution is 2.40. The van der Waals surface area contributed by atoms with E-state index >= 15 is 0 Å². The monoisotopic (exact) mass is 630 g/mol. The third-order valence-electron chi connectivity index (χ3n) is 8.48. The molecule has 2 aliphatic heterocycles. The number of esters is 2. The molecule has 0 bridgehead atoms. The summed E-state index contributed by atoms with van der Waals surface area (Å²) < 4.78 is 26.3. The van der Waals surface area contributed by atoms with Crippen LogP contribution in [0.2, 0.25) is 0 Å². The molecular formula is C36H30N2O7Si. The number of carbonyl (C=O) groups excluding carboxylic acids is 2. The molecule has 3 aromatic carbocycles. The summed E-state index contributed by atoms with van der Waals surface area (Å²) in [6.45, 7) is 5.17. The average molecular weight is 631 g/mol. The highest BCUT2D eigenvalue weighted by Gasteiger charge is 2.55. The number of nitrogens with zero attached hydrogens (tertiary/aromatic N) is 2. The van der Waals surface area contributed by atoms with Crippen molar-refractivity contribution in [2.24, 2.45) is 0 Å². The van der Waals surface area contributed by atoms with Gasteiger partial charge in [-0.1, -0.05) is 85.4 Å².